The van der Waals surface area contributed by atoms with Crippen LogP contribution in [-0.4, -0.2) is 225 Å². The Morgan fingerprint density at radius 2 is 0.906 bits per heavy atom. The summed E-state index contributed by atoms with van der Waals surface area (Å²) in [5.41, 5.74) is 29.9. The molecule has 45 nitrogen and oxygen atoms in total. The third-order valence-electron chi connectivity index (χ3n) is 21.8. The summed E-state index contributed by atoms with van der Waals surface area (Å²) in [6.07, 6.45) is -13.9. The lowest BCUT2D eigenvalue weighted by molar-refractivity contribution is -0.142. The summed E-state index contributed by atoms with van der Waals surface area (Å²) < 4.78 is 94.9. The highest BCUT2D eigenvalue weighted by atomic mass is 35.5. The number of esters is 3. The van der Waals surface area contributed by atoms with E-state index in [1.54, 1.807) is 18.2 Å². The zero-order valence-corrected chi connectivity index (χ0v) is 73.7. The number of aliphatic hydroxyl groups is 4. The van der Waals surface area contributed by atoms with E-state index in [4.69, 9.17) is 66.3 Å². The van der Waals surface area contributed by atoms with E-state index in [1.807, 2.05) is 121 Å². The molecular formula is C88H86Cl2F3N23O22. The normalized spacial score (nSPS) is 21.4. The van der Waals surface area contributed by atoms with E-state index < -0.39 is 152 Å². The van der Waals surface area contributed by atoms with Crippen molar-refractivity contribution in [3.8, 4) is 0 Å². The molecule has 50 heteroatoms. The summed E-state index contributed by atoms with van der Waals surface area (Å²) in [6, 6.07) is 54.5. The van der Waals surface area contributed by atoms with Gasteiger partial charge in [0.1, 0.15) is 55.5 Å². The molecule has 138 heavy (non-hydrogen) atoms. The SMILES string of the molecule is COC(=O)[C@H](N)Cc1cc2ccccc2[nH]1.Cl.[N-]=[N+]=N[C@]1(CO)OC(n2ccc(N[C@@H](COC=O)Cc3cc4ccccc4[nH]3)nc2=O)[C@@H](F)C1O.[N-]=[N+]=N[C@]1(CO)OC(n2ccc(N[C@H](Cc3cc4ccccc4[nH]3)OC=O)nc2=O)[C@@H](F)C1O.[N-]=[N+]=N[C@]1(COC(=O)c2cccc(Cl)c2)OC(n2ccc(N[C@@H](COC=O)Cc3cc4ccccc4[nH]3)nc2=O)[C@@H](F)C1OC(=O)c1ccccc1. The fourth-order valence-corrected chi connectivity index (χ4v) is 15.4. The van der Waals surface area contributed by atoms with Crippen molar-refractivity contribution < 1.29 is 105 Å². The number of nitrogens with one attached hydrogen (secondary N) is 7. The van der Waals surface area contributed by atoms with Gasteiger partial charge in [0.2, 0.25) is 17.2 Å². The average Bonchev–Trinajstić information content (AvgIpc) is 1.61. The Bertz CT molecular complexity index is 6690. The van der Waals surface area contributed by atoms with E-state index in [0.29, 0.717) is 32.2 Å². The summed E-state index contributed by atoms with van der Waals surface area (Å²) in [5, 5.41) is 62.2. The summed E-state index contributed by atoms with van der Waals surface area (Å²) in [6.45, 7) is -2.13. The Hall–Kier alpha value is -15.7. The molecule has 0 radical (unpaired) electrons. The van der Waals surface area contributed by atoms with Crippen molar-refractivity contribution in [2.24, 2.45) is 21.1 Å². The number of nitrogens with zero attached hydrogens (tertiary/aromatic N) is 15. The van der Waals surface area contributed by atoms with Crippen LogP contribution in [-0.2, 0) is 87.5 Å². The van der Waals surface area contributed by atoms with Crippen molar-refractivity contribution in [2.45, 2.75) is 123 Å². The van der Waals surface area contributed by atoms with Gasteiger partial charge in [-0.15, -0.1) is 12.4 Å². The number of ether oxygens (including phenoxy) is 9. The maximum Gasteiger partial charge on any atom is 0.351 e. The van der Waals surface area contributed by atoms with E-state index in [2.05, 4.69) is 85.7 Å². The zero-order valence-electron chi connectivity index (χ0n) is 72.2. The second kappa shape index (κ2) is 46.5. The van der Waals surface area contributed by atoms with Crippen molar-refractivity contribution in [2.75, 3.05) is 56.1 Å². The molecule has 3 aliphatic rings. The van der Waals surface area contributed by atoms with Crippen LogP contribution >= 0.6 is 24.0 Å². The van der Waals surface area contributed by atoms with Gasteiger partial charge in [0.05, 0.1) is 43.5 Å². The van der Waals surface area contributed by atoms with Crippen molar-refractivity contribution in [3.63, 3.8) is 0 Å². The number of alkyl halides is 3. The number of hydrogen-bond acceptors (Lipinski definition) is 32. The summed E-state index contributed by atoms with van der Waals surface area (Å²) in [7, 11) is 1.34. The second-order valence-electron chi connectivity index (χ2n) is 30.8. The maximum absolute atomic E-state index is 16.5. The van der Waals surface area contributed by atoms with Crippen LogP contribution in [0.3, 0.4) is 0 Å². The van der Waals surface area contributed by atoms with Crippen molar-refractivity contribution in [1.29, 1.82) is 0 Å². The number of methoxy groups -OCH3 is 1. The van der Waals surface area contributed by atoms with E-state index in [9.17, 15) is 77.9 Å². The van der Waals surface area contributed by atoms with Gasteiger partial charge in [-0.05, 0) is 135 Å². The number of nitrogens with two attached hydrogens (primary N) is 1. The third-order valence-corrected chi connectivity index (χ3v) is 22.0. The van der Waals surface area contributed by atoms with Crippen LogP contribution in [0.2, 0.25) is 5.02 Å². The lowest BCUT2D eigenvalue weighted by Crippen LogP contribution is -2.47. The Balaban J connectivity index is 0.000000175. The van der Waals surface area contributed by atoms with Crippen LogP contribution in [0.1, 0.15) is 62.2 Å². The van der Waals surface area contributed by atoms with Gasteiger partial charge in [-0.2, -0.15) is 15.0 Å². The van der Waals surface area contributed by atoms with Gasteiger partial charge in [0.15, 0.2) is 49.5 Å². The van der Waals surface area contributed by atoms with Gasteiger partial charge in [0, 0.05) is 109 Å². The number of H-pyrrole nitrogens is 4. The highest BCUT2D eigenvalue weighted by Gasteiger charge is 2.61. The minimum absolute atomic E-state index is 0. The fourth-order valence-electron chi connectivity index (χ4n) is 15.2. The predicted octanol–water partition coefficient (Wildman–Crippen LogP) is 9.42. The van der Waals surface area contributed by atoms with E-state index in [1.165, 1.54) is 74.1 Å². The molecule has 13 N–H and O–H groups in total. The summed E-state index contributed by atoms with van der Waals surface area (Å²) in [5.74, 6) is -2.10. The molecule has 0 amide bonds. The van der Waals surface area contributed by atoms with Crippen molar-refractivity contribution >= 4 is 122 Å². The highest BCUT2D eigenvalue weighted by Crippen LogP contribution is 2.44. The molecule has 720 valence electrons. The molecule has 3 saturated heterocycles. The van der Waals surface area contributed by atoms with Gasteiger partial charge < -0.3 is 105 Å². The minimum atomic E-state index is -2.47. The molecule has 7 aromatic heterocycles. The number of benzene rings is 6. The zero-order chi connectivity index (χ0) is 97.5. The number of aliphatic hydroxyl groups excluding tert-OH is 4. The minimum Gasteiger partial charge on any atom is -0.468 e. The molecule has 6 unspecified atom stereocenters. The quantitative estimate of drug-likeness (QED) is 0.00331. The van der Waals surface area contributed by atoms with Gasteiger partial charge >= 0.3 is 35.0 Å². The Labute approximate surface area is 786 Å². The first-order valence-electron chi connectivity index (χ1n) is 41.5. The third kappa shape index (κ3) is 24.0. The number of carbonyl (C=O) groups is 6. The number of aromatic nitrogens is 10. The summed E-state index contributed by atoms with van der Waals surface area (Å²) >= 11 is 6.00. The van der Waals surface area contributed by atoms with Crippen LogP contribution < -0.4 is 38.8 Å². The number of rotatable bonds is 36. The number of carbonyl (C=O) groups excluding carboxylic acids is 6. The summed E-state index contributed by atoms with van der Waals surface area (Å²) in [4.78, 5) is 141. The Morgan fingerprint density at radius 1 is 0.522 bits per heavy atom. The van der Waals surface area contributed by atoms with Crippen LogP contribution in [0.15, 0.2) is 242 Å². The monoisotopic (exact) mass is 1940 g/mol. The molecule has 13 aromatic rings. The molecule has 3 aliphatic heterocycles. The first kappa shape index (κ1) is 101. The van der Waals surface area contributed by atoms with Crippen LogP contribution in [0.25, 0.3) is 74.9 Å². The molecule has 3 fully saturated rings. The van der Waals surface area contributed by atoms with Crippen LogP contribution in [0, 0.1) is 0 Å². The standard InChI is InChI=1S/C35H29ClFN7O8.C21H22FN7O6.C20H20FN7O6.C12H14N2O2.ClH/c36-24-11-6-10-23(15-24)32(46)50-19-35(42-43-38)30(51-33(47)21-7-2-1-3-8-21)29(37)31(52-35)44-14-13-28(41-34(44)48)40-26(18-49-20-45)17-25-16-22-9-4-5-12-27(22)39-25;22-17-18(32)21(10-30,27-28-23)35-19(17)29-6-5-16(26-20(29)33)25-14(9-34-11-31)8-13-7-12-3-1-2-4-15(12)24-13;21-16-17(31)20(9-29,26-27-22)34-18(16)28-6-5-14(25-19(28)32)24-15(33-10-30)8-12-7-11-3-1-2-4-13(11)23-12;1-16-12(15)10(13)7-9-6-8-4-2-3-5-11(8)14-9;/h1-16,20,26,29-31,39H,17-19H2,(H,40,41,48);1-7,11,14,17-19,24,30,32H,8-10H2,(H,25,26,33);1-7,10,15-18,23,29,31H,8-9H2,(H,24,25,32);2-6,10,14H,7,13H2,1H3;1H/t26-,29+,30?,31?,35-;14-,17+,18?,19?,21-;15-,16-,17?,18?,20+;10-;/m1101./s1. The number of anilines is 3. The Morgan fingerprint density at radius 3 is 1.30 bits per heavy atom. The molecule has 0 spiro atoms. The van der Waals surface area contributed by atoms with Crippen LogP contribution in [0.4, 0.5) is 30.6 Å². The number of fused-ring (bicyclic) bond motifs is 4. The molecule has 6 aromatic carbocycles. The van der Waals surface area contributed by atoms with E-state index in [0.717, 1.165) is 86.3 Å². The molecule has 0 bridgehead atoms. The van der Waals surface area contributed by atoms with Gasteiger partial charge in [-0.1, -0.05) is 124 Å². The molecule has 16 atom stereocenters. The first-order chi connectivity index (χ1) is 66.2. The highest BCUT2D eigenvalue weighted by molar-refractivity contribution is 6.30. The molecule has 0 saturated carbocycles. The predicted molar refractivity (Wildman–Crippen MR) is 488 cm³/mol. The van der Waals surface area contributed by atoms with Gasteiger partial charge in [-0.3, -0.25) is 32.9 Å². The fraction of sp³-hybridized carbons (Fsp3) is 0.295. The molecule has 16 rings (SSSR count). The van der Waals surface area contributed by atoms with Crippen LogP contribution in [0.5, 0.6) is 0 Å². The number of halogens is 5. The maximum atomic E-state index is 16.5. The van der Waals surface area contributed by atoms with Crippen molar-refractivity contribution in [1.82, 2.24) is 48.6 Å². The van der Waals surface area contributed by atoms with Crippen molar-refractivity contribution in [3.05, 3.63) is 314 Å². The number of hydrogen-bond donors (Lipinski definition) is 12. The Kier molecular flexibility index (Phi) is 34.1. The largest absolute Gasteiger partial charge is 0.468 e. The lowest BCUT2D eigenvalue weighted by Gasteiger charge is -2.28. The number of aromatic amines is 4. The lowest BCUT2D eigenvalue weighted by atomic mass is 10.1. The second-order valence-corrected chi connectivity index (χ2v) is 31.3. The first-order valence-corrected chi connectivity index (χ1v) is 41.9. The van der Waals surface area contributed by atoms with Gasteiger partial charge in [0.25, 0.3) is 19.4 Å². The average molecular weight is 1950 g/mol. The number of para-hydroxylation sites is 4. The smallest absolute Gasteiger partial charge is 0.351 e. The number of azide groups is 3. The van der Waals surface area contributed by atoms with E-state index >= 15 is 4.39 Å². The molecular weight excluding hydrogens is 1860 g/mol. The molecule has 0 aliphatic carbocycles. The van der Waals surface area contributed by atoms with E-state index in [-0.39, 0.29) is 72.1 Å². The topological polar surface area (TPSA) is 643 Å². The molecule has 10 heterocycles. The van der Waals surface area contributed by atoms with Gasteiger partial charge in [-0.25, -0.2) is 37.1 Å².